The number of aliphatic imine (C=N–C) groups is 1. The predicted octanol–water partition coefficient (Wildman–Crippen LogP) is 1.97. The summed E-state index contributed by atoms with van der Waals surface area (Å²) < 4.78 is 1.86. The number of nitrogens with zero attached hydrogens (tertiary/aromatic N) is 4. The first-order valence-electron chi connectivity index (χ1n) is 8.43. The Bertz CT molecular complexity index is 473. The molecule has 6 nitrogen and oxygen atoms in total. The molecule has 1 aliphatic heterocycles. The van der Waals surface area contributed by atoms with Crippen LogP contribution >= 0.6 is 24.0 Å². The summed E-state index contributed by atoms with van der Waals surface area (Å²) in [6.07, 6.45) is 5.84. The fourth-order valence-electron chi connectivity index (χ4n) is 2.87. The van der Waals surface area contributed by atoms with Crippen molar-refractivity contribution in [3.63, 3.8) is 0 Å². The number of hydrogen-bond donors (Lipinski definition) is 2. The van der Waals surface area contributed by atoms with Gasteiger partial charge in [0.05, 0.1) is 12.2 Å². The number of guanidine groups is 1. The average molecular weight is 434 g/mol. The molecule has 23 heavy (non-hydrogen) atoms. The van der Waals surface area contributed by atoms with E-state index >= 15 is 0 Å². The van der Waals surface area contributed by atoms with Crippen molar-refractivity contribution < 1.29 is 0 Å². The molecule has 0 spiro atoms. The molecule has 2 N–H and O–H groups in total. The fraction of sp³-hybridized carbons (Fsp3) is 0.750. The van der Waals surface area contributed by atoms with Gasteiger partial charge in [0.1, 0.15) is 0 Å². The second kappa shape index (κ2) is 10.9. The molecule has 2 rings (SSSR count). The average Bonchev–Trinajstić information content (AvgIpc) is 2.92. The van der Waals surface area contributed by atoms with Crippen molar-refractivity contribution in [1.29, 1.82) is 0 Å². The standard InChI is InChI=1S/C16H30N6.HI/c1-4-17-16(19-13-15-8-9-20-21(15)3)18-10-12-22-11-6-5-7-14(22)2;/h8-9,14H,4-7,10-13H2,1-3H3,(H2,17,18,19);1H. The zero-order chi connectivity index (χ0) is 15.8. The first-order valence-corrected chi connectivity index (χ1v) is 8.43. The van der Waals surface area contributed by atoms with Crippen molar-refractivity contribution in [2.24, 2.45) is 12.0 Å². The van der Waals surface area contributed by atoms with Gasteiger partial charge < -0.3 is 10.6 Å². The lowest BCUT2D eigenvalue weighted by Gasteiger charge is -2.33. The number of hydrogen-bond acceptors (Lipinski definition) is 3. The summed E-state index contributed by atoms with van der Waals surface area (Å²) >= 11 is 0. The van der Waals surface area contributed by atoms with Crippen molar-refractivity contribution in [2.45, 2.75) is 45.7 Å². The molecule has 0 saturated carbocycles. The highest BCUT2D eigenvalue weighted by Gasteiger charge is 2.17. The van der Waals surface area contributed by atoms with E-state index in [4.69, 9.17) is 0 Å². The maximum Gasteiger partial charge on any atom is 0.191 e. The van der Waals surface area contributed by atoms with Crippen molar-refractivity contribution in [1.82, 2.24) is 25.3 Å². The lowest BCUT2D eigenvalue weighted by atomic mass is 10.0. The Morgan fingerprint density at radius 2 is 2.22 bits per heavy atom. The van der Waals surface area contributed by atoms with Crippen LogP contribution < -0.4 is 10.6 Å². The van der Waals surface area contributed by atoms with E-state index in [1.165, 1.54) is 25.8 Å². The number of rotatable bonds is 6. The molecule has 1 aliphatic rings. The molecule has 0 amide bonds. The summed E-state index contributed by atoms with van der Waals surface area (Å²) in [6.45, 7) is 9.18. The monoisotopic (exact) mass is 434 g/mol. The zero-order valence-electron chi connectivity index (χ0n) is 14.6. The normalized spacial score (nSPS) is 19.3. The van der Waals surface area contributed by atoms with E-state index in [0.29, 0.717) is 12.6 Å². The molecule has 2 heterocycles. The van der Waals surface area contributed by atoms with E-state index < -0.39 is 0 Å². The lowest BCUT2D eigenvalue weighted by Crippen LogP contribution is -2.45. The second-order valence-corrected chi connectivity index (χ2v) is 5.95. The van der Waals surface area contributed by atoms with Gasteiger partial charge in [-0.25, -0.2) is 4.99 Å². The van der Waals surface area contributed by atoms with E-state index in [9.17, 15) is 0 Å². The van der Waals surface area contributed by atoms with Gasteiger partial charge in [-0.15, -0.1) is 24.0 Å². The summed E-state index contributed by atoms with van der Waals surface area (Å²) in [6, 6.07) is 2.71. The number of piperidine rings is 1. The van der Waals surface area contributed by atoms with Crippen LogP contribution in [-0.2, 0) is 13.6 Å². The molecule has 1 fully saturated rings. The molecule has 0 aromatic carbocycles. The third-order valence-corrected chi connectivity index (χ3v) is 4.30. The Hall–Kier alpha value is -0.830. The number of aryl methyl sites for hydroxylation is 1. The smallest absolute Gasteiger partial charge is 0.191 e. The maximum absolute atomic E-state index is 4.63. The topological polar surface area (TPSA) is 57.5 Å². The minimum Gasteiger partial charge on any atom is -0.357 e. The summed E-state index contributed by atoms with van der Waals surface area (Å²) in [5.41, 5.74) is 1.11. The zero-order valence-corrected chi connectivity index (χ0v) is 16.9. The predicted molar refractivity (Wildman–Crippen MR) is 106 cm³/mol. The number of nitrogens with one attached hydrogen (secondary N) is 2. The van der Waals surface area contributed by atoms with Crippen LogP contribution in [0.4, 0.5) is 0 Å². The summed E-state index contributed by atoms with van der Waals surface area (Å²) in [5, 5.41) is 10.9. The van der Waals surface area contributed by atoms with E-state index in [0.717, 1.165) is 31.3 Å². The van der Waals surface area contributed by atoms with Crippen molar-refractivity contribution in [3.05, 3.63) is 18.0 Å². The SMILES string of the molecule is CCNC(=NCc1ccnn1C)NCCN1CCCCC1C.I. The molecular weight excluding hydrogens is 403 g/mol. The van der Waals surface area contributed by atoms with Crippen LogP contribution in [0.25, 0.3) is 0 Å². The number of likely N-dealkylation sites (tertiary alicyclic amines) is 1. The molecule has 0 bridgehead atoms. The molecule has 132 valence electrons. The Morgan fingerprint density at radius 1 is 1.39 bits per heavy atom. The minimum atomic E-state index is 0. The molecule has 1 unspecified atom stereocenters. The lowest BCUT2D eigenvalue weighted by molar-refractivity contribution is 0.163. The van der Waals surface area contributed by atoms with Crippen LogP contribution in [0.15, 0.2) is 17.3 Å². The Labute approximate surface area is 157 Å². The van der Waals surface area contributed by atoms with E-state index in [-0.39, 0.29) is 24.0 Å². The van der Waals surface area contributed by atoms with Gasteiger partial charge in [0.25, 0.3) is 0 Å². The van der Waals surface area contributed by atoms with E-state index in [1.807, 2.05) is 24.0 Å². The Balaban J connectivity index is 0.00000264. The van der Waals surface area contributed by atoms with Crippen LogP contribution in [0.5, 0.6) is 0 Å². The largest absolute Gasteiger partial charge is 0.357 e. The van der Waals surface area contributed by atoms with Gasteiger partial charge in [-0.2, -0.15) is 5.10 Å². The maximum atomic E-state index is 4.63. The van der Waals surface area contributed by atoms with Gasteiger partial charge >= 0.3 is 0 Å². The second-order valence-electron chi connectivity index (χ2n) is 5.95. The Kier molecular flexibility index (Phi) is 9.54. The van der Waals surface area contributed by atoms with Crippen LogP contribution in [0, 0.1) is 0 Å². The quantitative estimate of drug-likeness (QED) is 0.409. The van der Waals surface area contributed by atoms with E-state index in [2.05, 4.69) is 39.5 Å². The third-order valence-electron chi connectivity index (χ3n) is 4.30. The van der Waals surface area contributed by atoms with E-state index in [1.54, 1.807) is 0 Å². The summed E-state index contributed by atoms with van der Waals surface area (Å²) in [7, 11) is 1.95. The fourth-order valence-corrected chi connectivity index (χ4v) is 2.87. The first kappa shape index (κ1) is 20.2. The van der Waals surface area contributed by atoms with Gasteiger partial charge in [-0.3, -0.25) is 9.58 Å². The van der Waals surface area contributed by atoms with Crippen molar-refractivity contribution in [2.75, 3.05) is 26.2 Å². The van der Waals surface area contributed by atoms with Gasteiger partial charge in [0.2, 0.25) is 0 Å². The van der Waals surface area contributed by atoms with Crippen LogP contribution in [0.1, 0.15) is 38.8 Å². The van der Waals surface area contributed by atoms with Crippen molar-refractivity contribution >= 4 is 29.9 Å². The Morgan fingerprint density at radius 3 is 2.87 bits per heavy atom. The number of aromatic nitrogens is 2. The molecule has 7 heteroatoms. The van der Waals surface area contributed by atoms with Gasteiger partial charge in [-0.05, 0) is 39.3 Å². The summed E-state index contributed by atoms with van der Waals surface area (Å²) in [4.78, 5) is 7.20. The molecule has 0 radical (unpaired) electrons. The number of halogens is 1. The van der Waals surface area contributed by atoms with Crippen LogP contribution in [-0.4, -0.2) is 52.9 Å². The van der Waals surface area contributed by atoms with Crippen molar-refractivity contribution in [3.8, 4) is 0 Å². The highest BCUT2D eigenvalue weighted by Crippen LogP contribution is 2.15. The highest BCUT2D eigenvalue weighted by molar-refractivity contribution is 14.0. The van der Waals surface area contributed by atoms with Gasteiger partial charge in [0.15, 0.2) is 5.96 Å². The molecular formula is C16H31IN6. The molecule has 1 aromatic rings. The molecule has 1 saturated heterocycles. The van der Waals surface area contributed by atoms with Gasteiger partial charge in [0, 0.05) is 38.9 Å². The third kappa shape index (κ3) is 6.66. The summed E-state index contributed by atoms with van der Waals surface area (Å²) in [5.74, 6) is 0.883. The highest BCUT2D eigenvalue weighted by atomic mass is 127. The molecule has 0 aliphatic carbocycles. The van der Waals surface area contributed by atoms with Gasteiger partial charge in [-0.1, -0.05) is 6.42 Å². The van der Waals surface area contributed by atoms with Crippen LogP contribution in [0.2, 0.25) is 0 Å². The minimum absolute atomic E-state index is 0. The van der Waals surface area contributed by atoms with Crippen LogP contribution in [0.3, 0.4) is 0 Å². The molecule has 1 atom stereocenters. The first-order chi connectivity index (χ1) is 10.7. The molecule has 1 aromatic heterocycles.